The zero-order valence-corrected chi connectivity index (χ0v) is 21.4. The lowest BCUT2D eigenvalue weighted by molar-refractivity contribution is -0.155. The topological polar surface area (TPSA) is 86.5 Å². The van der Waals surface area contributed by atoms with Gasteiger partial charge in [0.25, 0.3) is 0 Å². The standard InChI is InChI=1S/C28H34FN3O4/c1-28(2,3)36-25(33)16-22(19-11-13-24(34-4)23(29)15-19)27-32-21(17-35-27)9-5-8-20-12-10-18-7-6-14-30-26(18)31-20/h10-13,15,17,22H,5-9,14,16H2,1-4H3,(H,30,31). The second-order valence-corrected chi connectivity index (χ2v) is 10.1. The third kappa shape index (κ3) is 6.62. The van der Waals surface area contributed by atoms with Crippen LogP contribution in [0.2, 0.25) is 0 Å². The number of fused-ring (bicyclic) bond motifs is 1. The summed E-state index contributed by atoms with van der Waals surface area (Å²) in [5.41, 5.74) is 3.04. The Bertz CT molecular complexity index is 1200. The Morgan fingerprint density at radius 3 is 2.72 bits per heavy atom. The Morgan fingerprint density at radius 2 is 1.97 bits per heavy atom. The number of rotatable bonds is 9. The molecular weight excluding hydrogens is 461 g/mol. The van der Waals surface area contributed by atoms with Crippen molar-refractivity contribution in [3.63, 3.8) is 0 Å². The summed E-state index contributed by atoms with van der Waals surface area (Å²) in [7, 11) is 1.41. The molecule has 0 radical (unpaired) electrons. The van der Waals surface area contributed by atoms with Crippen molar-refractivity contribution in [3.05, 3.63) is 70.8 Å². The second-order valence-electron chi connectivity index (χ2n) is 10.1. The second kappa shape index (κ2) is 11.1. The molecule has 0 aliphatic carbocycles. The number of aryl methyl sites for hydroxylation is 3. The summed E-state index contributed by atoms with van der Waals surface area (Å²) in [6.45, 7) is 6.39. The van der Waals surface area contributed by atoms with E-state index in [1.54, 1.807) is 12.3 Å². The first-order valence-corrected chi connectivity index (χ1v) is 12.4. The molecule has 1 aliphatic rings. The molecule has 2 aromatic heterocycles. The molecule has 1 unspecified atom stereocenters. The number of carbonyl (C=O) groups excluding carboxylic acids is 1. The SMILES string of the molecule is COc1ccc(C(CC(=O)OC(C)(C)C)c2nc(CCCc3ccc4c(n3)NCCC4)co2)cc1F. The third-order valence-electron chi connectivity index (χ3n) is 6.05. The Morgan fingerprint density at radius 1 is 1.17 bits per heavy atom. The Labute approximate surface area is 211 Å². The number of benzene rings is 1. The number of pyridine rings is 1. The van der Waals surface area contributed by atoms with Gasteiger partial charge in [-0.25, -0.2) is 14.4 Å². The molecule has 1 N–H and O–H groups in total. The minimum absolute atomic E-state index is 0.0188. The molecule has 3 aromatic rings. The number of esters is 1. The first-order valence-electron chi connectivity index (χ1n) is 12.4. The van der Waals surface area contributed by atoms with Crippen LogP contribution >= 0.6 is 0 Å². The van der Waals surface area contributed by atoms with Crippen LogP contribution in [0.3, 0.4) is 0 Å². The van der Waals surface area contributed by atoms with Gasteiger partial charge in [-0.15, -0.1) is 0 Å². The highest BCUT2D eigenvalue weighted by Crippen LogP contribution is 2.32. The van der Waals surface area contributed by atoms with Crippen LogP contribution in [0.15, 0.2) is 41.0 Å². The molecular formula is C28H34FN3O4. The first kappa shape index (κ1) is 25.7. The van der Waals surface area contributed by atoms with Gasteiger partial charge in [0.05, 0.1) is 25.1 Å². The number of nitrogens with one attached hydrogen (secondary N) is 1. The number of oxazole rings is 1. The minimum Gasteiger partial charge on any atom is -0.494 e. The number of halogens is 1. The molecule has 4 rings (SSSR count). The van der Waals surface area contributed by atoms with E-state index in [0.717, 1.165) is 49.4 Å². The van der Waals surface area contributed by atoms with Crippen LogP contribution in [0.25, 0.3) is 0 Å². The molecule has 1 aromatic carbocycles. The molecule has 0 bridgehead atoms. The number of methoxy groups -OCH3 is 1. The quantitative estimate of drug-likeness (QED) is 0.386. The molecule has 36 heavy (non-hydrogen) atoms. The molecule has 0 amide bonds. The summed E-state index contributed by atoms with van der Waals surface area (Å²) >= 11 is 0. The van der Waals surface area contributed by atoms with E-state index < -0.39 is 23.3 Å². The number of hydrogen-bond donors (Lipinski definition) is 1. The van der Waals surface area contributed by atoms with E-state index in [2.05, 4.69) is 22.4 Å². The van der Waals surface area contributed by atoms with Crippen LogP contribution in [0.4, 0.5) is 10.2 Å². The van der Waals surface area contributed by atoms with Gasteiger partial charge in [-0.2, -0.15) is 0 Å². The van der Waals surface area contributed by atoms with Crippen LogP contribution in [0, 0.1) is 5.82 Å². The van der Waals surface area contributed by atoms with Gasteiger partial charge in [-0.3, -0.25) is 4.79 Å². The Kier molecular flexibility index (Phi) is 7.91. The first-order chi connectivity index (χ1) is 17.2. The van der Waals surface area contributed by atoms with Gasteiger partial charge in [-0.05, 0) is 82.2 Å². The molecule has 8 heteroatoms. The fourth-order valence-corrected chi connectivity index (χ4v) is 4.35. The van der Waals surface area contributed by atoms with Crippen LogP contribution in [0.1, 0.15) is 74.4 Å². The van der Waals surface area contributed by atoms with E-state index in [9.17, 15) is 9.18 Å². The molecule has 1 atom stereocenters. The summed E-state index contributed by atoms with van der Waals surface area (Å²) in [6.07, 6.45) is 6.17. The van der Waals surface area contributed by atoms with Crippen LogP contribution in [-0.4, -0.2) is 35.2 Å². The van der Waals surface area contributed by atoms with E-state index in [-0.39, 0.29) is 12.2 Å². The van der Waals surface area contributed by atoms with E-state index >= 15 is 0 Å². The van der Waals surface area contributed by atoms with Crippen molar-refractivity contribution in [3.8, 4) is 5.75 Å². The predicted octanol–water partition coefficient (Wildman–Crippen LogP) is 5.61. The number of ether oxygens (including phenoxy) is 2. The summed E-state index contributed by atoms with van der Waals surface area (Å²) in [5, 5.41) is 3.37. The van der Waals surface area contributed by atoms with E-state index in [1.165, 1.54) is 24.8 Å². The summed E-state index contributed by atoms with van der Waals surface area (Å²) in [4.78, 5) is 22.0. The van der Waals surface area contributed by atoms with Crippen molar-refractivity contribution in [2.24, 2.45) is 0 Å². The van der Waals surface area contributed by atoms with Crippen LogP contribution < -0.4 is 10.1 Å². The van der Waals surface area contributed by atoms with Crippen LogP contribution in [-0.2, 0) is 28.8 Å². The zero-order chi connectivity index (χ0) is 25.7. The highest BCUT2D eigenvalue weighted by Gasteiger charge is 2.27. The van der Waals surface area contributed by atoms with Gasteiger partial charge in [0, 0.05) is 12.2 Å². The molecule has 0 fully saturated rings. The molecule has 0 saturated heterocycles. The van der Waals surface area contributed by atoms with Gasteiger partial charge >= 0.3 is 5.97 Å². The molecule has 1 aliphatic heterocycles. The lowest BCUT2D eigenvalue weighted by Gasteiger charge is -2.21. The molecule has 3 heterocycles. The maximum atomic E-state index is 14.5. The number of aromatic nitrogens is 2. The number of carbonyl (C=O) groups is 1. The van der Waals surface area contributed by atoms with Crippen molar-refractivity contribution >= 4 is 11.8 Å². The largest absolute Gasteiger partial charge is 0.494 e. The third-order valence-corrected chi connectivity index (χ3v) is 6.05. The predicted molar refractivity (Wildman–Crippen MR) is 135 cm³/mol. The summed E-state index contributed by atoms with van der Waals surface area (Å²) < 4.78 is 30.8. The molecule has 192 valence electrons. The normalized spacial score (nSPS) is 14.0. The van der Waals surface area contributed by atoms with E-state index in [4.69, 9.17) is 18.9 Å². The lowest BCUT2D eigenvalue weighted by atomic mass is 9.95. The Balaban J connectivity index is 1.46. The van der Waals surface area contributed by atoms with Gasteiger partial charge < -0.3 is 19.2 Å². The van der Waals surface area contributed by atoms with Crippen molar-refractivity contribution < 1.29 is 23.1 Å². The number of nitrogens with zero attached hydrogens (tertiary/aromatic N) is 2. The number of hydrogen-bond acceptors (Lipinski definition) is 7. The van der Waals surface area contributed by atoms with Crippen molar-refractivity contribution in [2.75, 3.05) is 19.0 Å². The van der Waals surface area contributed by atoms with Crippen LogP contribution in [0.5, 0.6) is 5.75 Å². The Hall–Kier alpha value is -3.42. The highest BCUT2D eigenvalue weighted by atomic mass is 19.1. The monoisotopic (exact) mass is 495 g/mol. The number of anilines is 1. The van der Waals surface area contributed by atoms with Gasteiger partial charge in [-0.1, -0.05) is 12.1 Å². The highest BCUT2D eigenvalue weighted by molar-refractivity contribution is 5.71. The fraction of sp³-hybridized carbons (Fsp3) is 0.464. The van der Waals surface area contributed by atoms with Crippen molar-refractivity contribution in [1.82, 2.24) is 9.97 Å². The van der Waals surface area contributed by atoms with Gasteiger partial charge in [0.15, 0.2) is 11.6 Å². The zero-order valence-electron chi connectivity index (χ0n) is 21.4. The lowest BCUT2D eigenvalue weighted by Crippen LogP contribution is -2.25. The fourth-order valence-electron chi connectivity index (χ4n) is 4.35. The van der Waals surface area contributed by atoms with Gasteiger partial charge in [0.2, 0.25) is 5.89 Å². The summed E-state index contributed by atoms with van der Waals surface area (Å²) in [5.74, 6) is -0.00877. The average molecular weight is 496 g/mol. The van der Waals surface area contributed by atoms with Crippen molar-refractivity contribution in [2.45, 2.75) is 70.8 Å². The smallest absolute Gasteiger partial charge is 0.307 e. The molecule has 0 spiro atoms. The van der Waals surface area contributed by atoms with E-state index in [1.807, 2.05) is 20.8 Å². The van der Waals surface area contributed by atoms with Gasteiger partial charge in [0.1, 0.15) is 17.7 Å². The molecule has 0 saturated carbocycles. The summed E-state index contributed by atoms with van der Waals surface area (Å²) in [6, 6.07) is 8.86. The molecule has 7 nitrogen and oxygen atoms in total. The average Bonchev–Trinajstić information content (AvgIpc) is 3.30. The minimum atomic E-state index is -0.630. The maximum absolute atomic E-state index is 14.5. The van der Waals surface area contributed by atoms with E-state index in [0.29, 0.717) is 17.9 Å². The van der Waals surface area contributed by atoms with Crippen molar-refractivity contribution in [1.29, 1.82) is 0 Å². The maximum Gasteiger partial charge on any atom is 0.307 e.